The van der Waals surface area contributed by atoms with Crippen LogP contribution < -0.4 is 9.47 Å². The quantitative estimate of drug-likeness (QED) is 0.670. The van der Waals surface area contributed by atoms with Gasteiger partial charge in [0.1, 0.15) is 5.75 Å². The lowest BCUT2D eigenvalue weighted by molar-refractivity contribution is -0.385. The predicted molar refractivity (Wildman–Crippen MR) is 72.1 cm³/mol. The molecule has 0 radical (unpaired) electrons. The van der Waals surface area contributed by atoms with Gasteiger partial charge in [-0.3, -0.25) is 10.1 Å². The Kier molecular flexibility index (Phi) is 4.17. The summed E-state index contributed by atoms with van der Waals surface area (Å²) in [5.41, 5.74) is 0.242. The number of aliphatic hydroxyl groups is 1. The minimum absolute atomic E-state index is 0.0959. The van der Waals surface area contributed by atoms with Crippen molar-refractivity contribution in [3.63, 3.8) is 0 Å². The van der Waals surface area contributed by atoms with Crippen molar-refractivity contribution in [3.05, 3.63) is 58.1 Å². The van der Waals surface area contributed by atoms with Gasteiger partial charge in [0, 0.05) is 17.7 Å². The predicted octanol–water partition coefficient (Wildman–Crippen LogP) is 2.89. The smallest absolute Gasteiger partial charge is 0.270 e. The Morgan fingerprint density at radius 3 is 2.45 bits per heavy atom. The van der Waals surface area contributed by atoms with Crippen LogP contribution in [0.1, 0.15) is 5.56 Å². The average Bonchev–Trinajstić information content (AvgIpc) is 2.48. The molecule has 0 aliphatic carbocycles. The number of hydrogen-bond donors (Lipinski definition) is 1. The maximum Gasteiger partial charge on any atom is 0.270 e. The number of nitro benzene ring substituents is 1. The molecule has 6 heteroatoms. The van der Waals surface area contributed by atoms with E-state index in [0.29, 0.717) is 22.8 Å². The van der Waals surface area contributed by atoms with E-state index >= 15 is 0 Å². The standard InChI is InChI=1S/C14H13NO5/c1-19-13-4-2-3-5-14(13)20-12-7-6-11(15(17)18)8-10(12)9-16/h2-8,16H,9H2,1H3. The lowest BCUT2D eigenvalue weighted by Crippen LogP contribution is -1.96. The molecule has 0 heterocycles. The third kappa shape index (κ3) is 2.86. The molecular formula is C14H13NO5. The Hall–Kier alpha value is -2.60. The number of methoxy groups -OCH3 is 1. The second-order valence-electron chi connectivity index (χ2n) is 3.96. The minimum Gasteiger partial charge on any atom is -0.493 e. The summed E-state index contributed by atoms with van der Waals surface area (Å²) in [6.45, 7) is -0.355. The van der Waals surface area contributed by atoms with E-state index in [4.69, 9.17) is 9.47 Å². The van der Waals surface area contributed by atoms with Crippen molar-refractivity contribution in [3.8, 4) is 17.2 Å². The topological polar surface area (TPSA) is 81.8 Å². The Balaban J connectivity index is 2.36. The number of benzene rings is 2. The molecule has 2 aromatic rings. The summed E-state index contributed by atoms with van der Waals surface area (Å²) in [5, 5.41) is 20.0. The van der Waals surface area contributed by atoms with Crippen LogP contribution >= 0.6 is 0 Å². The van der Waals surface area contributed by atoms with Gasteiger partial charge in [0.05, 0.1) is 18.6 Å². The summed E-state index contributed by atoms with van der Waals surface area (Å²) in [4.78, 5) is 10.2. The molecule has 0 aliphatic rings. The number of aliphatic hydroxyl groups excluding tert-OH is 1. The molecule has 0 unspecified atom stereocenters. The molecule has 0 aromatic heterocycles. The molecule has 2 aromatic carbocycles. The second-order valence-corrected chi connectivity index (χ2v) is 3.96. The Morgan fingerprint density at radius 2 is 1.85 bits per heavy atom. The first-order chi connectivity index (χ1) is 9.65. The van der Waals surface area contributed by atoms with Crippen LogP contribution in [0.3, 0.4) is 0 Å². The van der Waals surface area contributed by atoms with Crippen LogP contribution in [-0.2, 0) is 6.61 Å². The van der Waals surface area contributed by atoms with Gasteiger partial charge in [-0.2, -0.15) is 0 Å². The Labute approximate surface area is 115 Å². The fourth-order valence-electron chi connectivity index (χ4n) is 1.72. The van der Waals surface area contributed by atoms with Crippen LogP contribution in [0, 0.1) is 10.1 Å². The van der Waals surface area contributed by atoms with Crippen molar-refractivity contribution >= 4 is 5.69 Å². The van der Waals surface area contributed by atoms with Crippen molar-refractivity contribution in [1.29, 1.82) is 0 Å². The first kappa shape index (κ1) is 13.8. The molecule has 0 saturated carbocycles. The van der Waals surface area contributed by atoms with Gasteiger partial charge in [-0.1, -0.05) is 12.1 Å². The van der Waals surface area contributed by atoms with Gasteiger partial charge in [-0.25, -0.2) is 0 Å². The molecule has 2 rings (SSSR count). The molecule has 104 valence electrons. The van der Waals surface area contributed by atoms with E-state index in [0.717, 1.165) is 0 Å². The van der Waals surface area contributed by atoms with Crippen molar-refractivity contribution in [2.24, 2.45) is 0 Å². The minimum atomic E-state index is -0.522. The number of hydrogen-bond acceptors (Lipinski definition) is 5. The van der Waals surface area contributed by atoms with Gasteiger partial charge in [-0.05, 0) is 18.2 Å². The summed E-state index contributed by atoms with van der Waals surface area (Å²) in [6.07, 6.45) is 0. The summed E-state index contributed by atoms with van der Waals surface area (Å²) in [5.74, 6) is 1.36. The zero-order valence-corrected chi connectivity index (χ0v) is 10.8. The van der Waals surface area contributed by atoms with Gasteiger partial charge in [0.15, 0.2) is 11.5 Å². The van der Waals surface area contributed by atoms with Gasteiger partial charge >= 0.3 is 0 Å². The van der Waals surface area contributed by atoms with Crippen molar-refractivity contribution in [1.82, 2.24) is 0 Å². The highest BCUT2D eigenvalue weighted by atomic mass is 16.6. The SMILES string of the molecule is COc1ccccc1Oc1ccc([N+](=O)[O-])cc1CO. The monoisotopic (exact) mass is 275 g/mol. The van der Waals surface area contributed by atoms with Gasteiger partial charge < -0.3 is 14.6 Å². The third-order valence-electron chi connectivity index (χ3n) is 2.71. The lowest BCUT2D eigenvalue weighted by atomic mass is 10.2. The number of rotatable bonds is 5. The van der Waals surface area contributed by atoms with Crippen LogP contribution in [0.5, 0.6) is 17.2 Å². The van der Waals surface area contributed by atoms with Gasteiger partial charge in [0.2, 0.25) is 0 Å². The van der Waals surface area contributed by atoms with E-state index in [9.17, 15) is 15.2 Å². The second kappa shape index (κ2) is 6.03. The molecular weight excluding hydrogens is 262 g/mol. The van der Waals surface area contributed by atoms with Crippen LogP contribution in [0.25, 0.3) is 0 Å². The summed E-state index contributed by atoms with van der Waals surface area (Å²) < 4.78 is 10.8. The molecule has 0 saturated heterocycles. The summed E-state index contributed by atoms with van der Waals surface area (Å²) in [7, 11) is 1.52. The molecule has 0 fully saturated rings. The molecule has 1 N–H and O–H groups in total. The van der Waals surface area contributed by atoms with Crippen molar-refractivity contribution < 1.29 is 19.5 Å². The lowest BCUT2D eigenvalue weighted by Gasteiger charge is -2.12. The molecule has 6 nitrogen and oxygen atoms in total. The van der Waals surface area contributed by atoms with Crippen LogP contribution in [0.2, 0.25) is 0 Å². The number of nitrogens with zero attached hydrogens (tertiary/aromatic N) is 1. The van der Waals surface area contributed by atoms with E-state index in [-0.39, 0.29) is 12.3 Å². The zero-order valence-electron chi connectivity index (χ0n) is 10.8. The molecule has 0 aliphatic heterocycles. The van der Waals surface area contributed by atoms with E-state index in [2.05, 4.69) is 0 Å². The highest BCUT2D eigenvalue weighted by Crippen LogP contribution is 2.34. The molecule has 0 spiro atoms. The highest BCUT2D eigenvalue weighted by molar-refractivity contribution is 5.48. The Morgan fingerprint density at radius 1 is 1.15 bits per heavy atom. The van der Waals surface area contributed by atoms with E-state index < -0.39 is 4.92 Å². The summed E-state index contributed by atoms with van der Waals surface area (Å²) in [6, 6.07) is 11.1. The van der Waals surface area contributed by atoms with E-state index in [1.54, 1.807) is 24.3 Å². The number of non-ortho nitro benzene ring substituents is 1. The molecule has 20 heavy (non-hydrogen) atoms. The summed E-state index contributed by atoms with van der Waals surface area (Å²) >= 11 is 0. The normalized spacial score (nSPS) is 10.1. The first-order valence-electron chi connectivity index (χ1n) is 5.84. The molecule has 0 amide bonds. The fraction of sp³-hybridized carbons (Fsp3) is 0.143. The van der Waals surface area contributed by atoms with Crippen LogP contribution in [-0.4, -0.2) is 17.1 Å². The Bertz CT molecular complexity index is 627. The van der Waals surface area contributed by atoms with E-state index in [1.165, 1.54) is 25.3 Å². The maximum atomic E-state index is 10.7. The number of ether oxygens (including phenoxy) is 2. The highest BCUT2D eigenvalue weighted by Gasteiger charge is 2.13. The molecule has 0 bridgehead atoms. The van der Waals surface area contributed by atoms with Crippen LogP contribution in [0.4, 0.5) is 5.69 Å². The van der Waals surface area contributed by atoms with Gasteiger partial charge in [-0.15, -0.1) is 0 Å². The van der Waals surface area contributed by atoms with Gasteiger partial charge in [0.25, 0.3) is 5.69 Å². The van der Waals surface area contributed by atoms with E-state index in [1.807, 2.05) is 0 Å². The average molecular weight is 275 g/mol. The largest absolute Gasteiger partial charge is 0.493 e. The zero-order chi connectivity index (χ0) is 14.5. The maximum absolute atomic E-state index is 10.7. The molecule has 0 atom stereocenters. The van der Waals surface area contributed by atoms with Crippen molar-refractivity contribution in [2.45, 2.75) is 6.61 Å². The number of para-hydroxylation sites is 2. The third-order valence-corrected chi connectivity index (χ3v) is 2.71. The number of nitro groups is 1. The van der Waals surface area contributed by atoms with Crippen LogP contribution in [0.15, 0.2) is 42.5 Å². The first-order valence-corrected chi connectivity index (χ1v) is 5.84. The fourth-order valence-corrected chi connectivity index (χ4v) is 1.72. The van der Waals surface area contributed by atoms with Crippen molar-refractivity contribution in [2.75, 3.05) is 7.11 Å².